The van der Waals surface area contributed by atoms with Gasteiger partial charge in [-0.15, -0.1) is 0 Å². The van der Waals surface area contributed by atoms with Crippen molar-refractivity contribution in [3.05, 3.63) is 53.7 Å². The summed E-state index contributed by atoms with van der Waals surface area (Å²) in [5, 5.41) is 2.75. The van der Waals surface area contributed by atoms with Crippen molar-refractivity contribution in [2.75, 3.05) is 13.4 Å². The zero-order valence-corrected chi connectivity index (χ0v) is 13.1. The third kappa shape index (κ3) is 4.05. The SMILES string of the molecule is COc1cc(CNC(=O)c2ccc(S(C)(=O)=O)cc2)ccn1. The van der Waals surface area contributed by atoms with Crippen molar-refractivity contribution >= 4 is 15.7 Å². The second-order valence-electron chi connectivity index (χ2n) is 4.69. The van der Waals surface area contributed by atoms with E-state index in [0.29, 0.717) is 18.0 Å². The molecule has 22 heavy (non-hydrogen) atoms. The average Bonchev–Trinajstić information content (AvgIpc) is 2.52. The van der Waals surface area contributed by atoms with Crippen molar-refractivity contribution in [3.63, 3.8) is 0 Å². The Labute approximate surface area is 129 Å². The number of methoxy groups -OCH3 is 1. The van der Waals surface area contributed by atoms with Crippen LogP contribution in [-0.2, 0) is 16.4 Å². The number of nitrogens with zero attached hydrogens (tertiary/aromatic N) is 1. The molecule has 0 saturated heterocycles. The van der Waals surface area contributed by atoms with Gasteiger partial charge in [-0.25, -0.2) is 13.4 Å². The van der Waals surface area contributed by atoms with Crippen LogP contribution in [0, 0.1) is 0 Å². The van der Waals surface area contributed by atoms with Gasteiger partial charge in [0.25, 0.3) is 5.91 Å². The van der Waals surface area contributed by atoms with Gasteiger partial charge in [0, 0.05) is 30.6 Å². The molecule has 2 aromatic rings. The minimum atomic E-state index is -3.26. The molecular formula is C15H16N2O4S. The molecule has 0 aliphatic heterocycles. The van der Waals surface area contributed by atoms with E-state index in [2.05, 4.69) is 10.3 Å². The molecule has 6 nitrogen and oxygen atoms in total. The highest BCUT2D eigenvalue weighted by Gasteiger charge is 2.10. The molecular weight excluding hydrogens is 304 g/mol. The summed E-state index contributed by atoms with van der Waals surface area (Å²) < 4.78 is 27.7. The molecule has 116 valence electrons. The number of rotatable bonds is 5. The van der Waals surface area contributed by atoms with E-state index in [1.165, 1.54) is 31.4 Å². The van der Waals surface area contributed by atoms with Gasteiger partial charge in [-0.05, 0) is 35.9 Å². The molecule has 0 spiro atoms. The number of benzene rings is 1. The van der Waals surface area contributed by atoms with Crippen molar-refractivity contribution in [3.8, 4) is 5.88 Å². The summed E-state index contributed by atoms with van der Waals surface area (Å²) in [5.41, 5.74) is 1.25. The highest BCUT2D eigenvalue weighted by molar-refractivity contribution is 7.90. The van der Waals surface area contributed by atoms with Crippen LogP contribution >= 0.6 is 0 Å². The van der Waals surface area contributed by atoms with E-state index in [-0.39, 0.29) is 10.8 Å². The van der Waals surface area contributed by atoms with Gasteiger partial charge >= 0.3 is 0 Å². The van der Waals surface area contributed by atoms with Gasteiger partial charge in [0.1, 0.15) is 0 Å². The second-order valence-corrected chi connectivity index (χ2v) is 6.70. The largest absolute Gasteiger partial charge is 0.481 e. The van der Waals surface area contributed by atoms with E-state index < -0.39 is 9.84 Å². The molecule has 1 aromatic heterocycles. The van der Waals surface area contributed by atoms with Crippen molar-refractivity contribution in [2.45, 2.75) is 11.4 Å². The number of hydrogen-bond donors (Lipinski definition) is 1. The van der Waals surface area contributed by atoms with Crippen molar-refractivity contribution in [2.24, 2.45) is 0 Å². The summed E-state index contributed by atoms with van der Waals surface area (Å²) in [6, 6.07) is 9.31. The maximum Gasteiger partial charge on any atom is 0.251 e. The van der Waals surface area contributed by atoms with Crippen LogP contribution in [0.25, 0.3) is 0 Å². The quantitative estimate of drug-likeness (QED) is 0.900. The number of carbonyl (C=O) groups excluding carboxylic acids is 1. The van der Waals surface area contributed by atoms with E-state index >= 15 is 0 Å². The molecule has 0 aliphatic rings. The summed E-state index contributed by atoms with van der Waals surface area (Å²) >= 11 is 0. The third-order valence-corrected chi connectivity index (χ3v) is 4.13. The molecule has 1 amide bonds. The molecule has 1 aromatic carbocycles. The summed E-state index contributed by atoms with van der Waals surface area (Å²) in [6.07, 6.45) is 2.72. The number of sulfone groups is 1. The third-order valence-electron chi connectivity index (χ3n) is 3.01. The van der Waals surface area contributed by atoms with Gasteiger partial charge in [-0.2, -0.15) is 0 Å². The highest BCUT2D eigenvalue weighted by Crippen LogP contribution is 2.11. The number of ether oxygens (including phenoxy) is 1. The minimum Gasteiger partial charge on any atom is -0.481 e. The number of nitrogens with one attached hydrogen (secondary N) is 1. The molecule has 0 atom stereocenters. The minimum absolute atomic E-state index is 0.183. The smallest absolute Gasteiger partial charge is 0.251 e. The van der Waals surface area contributed by atoms with E-state index in [0.717, 1.165) is 11.8 Å². The molecule has 0 bridgehead atoms. The lowest BCUT2D eigenvalue weighted by atomic mass is 10.2. The number of amides is 1. The molecule has 1 N–H and O–H groups in total. The number of carbonyl (C=O) groups is 1. The molecule has 2 rings (SSSR count). The molecule has 0 aliphatic carbocycles. The standard InChI is InChI=1S/C15H16N2O4S/c1-21-14-9-11(7-8-16-14)10-17-15(18)12-3-5-13(6-4-12)22(2,19)20/h3-9H,10H2,1-2H3,(H,17,18). The Balaban J connectivity index is 2.03. The maximum absolute atomic E-state index is 12.0. The summed E-state index contributed by atoms with van der Waals surface area (Å²) in [4.78, 5) is 16.2. The Morgan fingerprint density at radius 2 is 1.91 bits per heavy atom. The van der Waals surface area contributed by atoms with Gasteiger partial charge in [0.2, 0.25) is 5.88 Å². The van der Waals surface area contributed by atoms with Crippen LogP contribution in [0.5, 0.6) is 5.88 Å². The molecule has 0 radical (unpaired) electrons. The molecule has 0 unspecified atom stereocenters. The highest BCUT2D eigenvalue weighted by atomic mass is 32.2. The maximum atomic E-state index is 12.0. The van der Waals surface area contributed by atoms with Crippen LogP contribution in [0.2, 0.25) is 0 Å². The lowest BCUT2D eigenvalue weighted by Crippen LogP contribution is -2.22. The van der Waals surface area contributed by atoms with Gasteiger partial charge in [0.05, 0.1) is 12.0 Å². The summed E-state index contributed by atoms with van der Waals surface area (Å²) in [6.45, 7) is 0.325. The lowest BCUT2D eigenvalue weighted by Gasteiger charge is -2.07. The normalized spacial score (nSPS) is 11.0. The topological polar surface area (TPSA) is 85.4 Å². The zero-order valence-electron chi connectivity index (χ0n) is 12.2. The fraction of sp³-hybridized carbons (Fsp3) is 0.200. The number of pyridine rings is 1. The Bertz CT molecular complexity index is 770. The van der Waals surface area contributed by atoms with Gasteiger partial charge in [-0.3, -0.25) is 4.79 Å². The predicted octanol–water partition coefficient (Wildman–Crippen LogP) is 1.42. The Morgan fingerprint density at radius 1 is 1.23 bits per heavy atom. The van der Waals surface area contributed by atoms with Crippen LogP contribution in [0.3, 0.4) is 0 Å². The fourth-order valence-corrected chi connectivity index (χ4v) is 2.44. The van der Waals surface area contributed by atoms with E-state index in [1.54, 1.807) is 18.3 Å². The molecule has 7 heteroatoms. The zero-order chi connectivity index (χ0) is 16.2. The van der Waals surface area contributed by atoms with Gasteiger partial charge in [-0.1, -0.05) is 0 Å². The molecule has 0 saturated carbocycles. The van der Waals surface area contributed by atoms with Crippen LogP contribution in [0.4, 0.5) is 0 Å². The Hall–Kier alpha value is -2.41. The van der Waals surface area contributed by atoms with Crippen molar-refractivity contribution in [1.29, 1.82) is 0 Å². The Morgan fingerprint density at radius 3 is 2.50 bits per heavy atom. The van der Waals surface area contributed by atoms with Crippen molar-refractivity contribution < 1.29 is 17.9 Å². The first-order valence-corrected chi connectivity index (χ1v) is 8.36. The van der Waals surface area contributed by atoms with Crippen molar-refractivity contribution in [1.82, 2.24) is 10.3 Å². The van der Waals surface area contributed by atoms with Crippen LogP contribution in [0.15, 0.2) is 47.5 Å². The number of hydrogen-bond acceptors (Lipinski definition) is 5. The first-order chi connectivity index (χ1) is 10.4. The Kier molecular flexibility index (Phi) is 4.77. The predicted molar refractivity (Wildman–Crippen MR) is 81.5 cm³/mol. The summed E-state index contributed by atoms with van der Waals surface area (Å²) in [7, 11) is -1.74. The number of aromatic nitrogens is 1. The summed E-state index contributed by atoms with van der Waals surface area (Å²) in [5.74, 6) is 0.195. The van der Waals surface area contributed by atoms with Gasteiger partial charge < -0.3 is 10.1 Å². The van der Waals surface area contributed by atoms with Crippen LogP contribution in [-0.4, -0.2) is 32.7 Å². The van der Waals surface area contributed by atoms with Crippen LogP contribution in [0.1, 0.15) is 15.9 Å². The monoisotopic (exact) mass is 320 g/mol. The molecule has 1 heterocycles. The lowest BCUT2D eigenvalue weighted by molar-refractivity contribution is 0.0950. The first kappa shape index (κ1) is 16.0. The van der Waals surface area contributed by atoms with E-state index in [4.69, 9.17) is 4.74 Å². The molecule has 0 fully saturated rings. The van der Waals surface area contributed by atoms with E-state index in [1.807, 2.05) is 0 Å². The van der Waals surface area contributed by atoms with Crippen LogP contribution < -0.4 is 10.1 Å². The average molecular weight is 320 g/mol. The first-order valence-electron chi connectivity index (χ1n) is 6.47. The van der Waals surface area contributed by atoms with E-state index in [9.17, 15) is 13.2 Å². The fourth-order valence-electron chi connectivity index (χ4n) is 1.81. The van der Waals surface area contributed by atoms with Gasteiger partial charge in [0.15, 0.2) is 9.84 Å². The second kappa shape index (κ2) is 6.57.